The van der Waals surface area contributed by atoms with Crippen molar-refractivity contribution in [3.63, 3.8) is 0 Å². The van der Waals surface area contributed by atoms with Crippen LogP contribution < -0.4 is 10.6 Å². The molecule has 0 aliphatic rings. The topological polar surface area (TPSA) is 54.0 Å². The molecule has 2 amide bonds. The average molecular weight is 251 g/mol. The summed E-state index contributed by atoms with van der Waals surface area (Å²) in [6.45, 7) is 1.84. The lowest BCUT2D eigenvalue weighted by atomic mass is 10.3. The number of aromatic nitrogens is 1. The highest BCUT2D eigenvalue weighted by atomic mass is 32.1. The van der Waals surface area contributed by atoms with E-state index in [-0.39, 0.29) is 0 Å². The van der Waals surface area contributed by atoms with E-state index in [1.165, 1.54) is 29.5 Å². The van der Waals surface area contributed by atoms with Crippen molar-refractivity contribution >= 4 is 28.2 Å². The first-order valence-electron chi connectivity index (χ1n) is 4.89. The second-order valence-corrected chi connectivity index (χ2v) is 4.24. The molecule has 0 bridgehead atoms. The largest absolute Gasteiger partial charge is 0.325 e. The third-order valence-electron chi connectivity index (χ3n) is 1.92. The van der Waals surface area contributed by atoms with E-state index in [1.807, 2.05) is 12.3 Å². The van der Waals surface area contributed by atoms with Gasteiger partial charge in [-0.2, -0.15) is 0 Å². The number of benzene rings is 1. The molecule has 1 heterocycles. The zero-order chi connectivity index (χ0) is 12.3. The number of halogens is 1. The molecule has 0 aliphatic heterocycles. The molecule has 1 aromatic heterocycles. The summed E-state index contributed by atoms with van der Waals surface area (Å²) in [6, 6.07) is 5.25. The predicted molar refractivity (Wildman–Crippen MR) is 65.9 cm³/mol. The molecule has 0 atom stereocenters. The molecule has 1 aromatic carbocycles. The number of carbonyl (C=O) groups excluding carboxylic acids is 1. The SMILES string of the molecule is Cc1csc(NC(=O)Nc2cccc(F)c2)n1. The molecule has 6 heteroatoms. The molecule has 0 saturated carbocycles. The Morgan fingerprint density at radius 1 is 1.41 bits per heavy atom. The third kappa shape index (κ3) is 3.25. The van der Waals surface area contributed by atoms with Gasteiger partial charge < -0.3 is 5.32 Å². The fraction of sp³-hybridized carbons (Fsp3) is 0.0909. The van der Waals surface area contributed by atoms with Crippen molar-refractivity contribution in [1.82, 2.24) is 4.98 Å². The first kappa shape index (κ1) is 11.5. The highest BCUT2D eigenvalue weighted by Crippen LogP contribution is 2.15. The lowest BCUT2D eigenvalue weighted by Crippen LogP contribution is -2.19. The van der Waals surface area contributed by atoms with Gasteiger partial charge in [-0.1, -0.05) is 6.07 Å². The molecule has 0 fully saturated rings. The van der Waals surface area contributed by atoms with Crippen LogP contribution in [-0.4, -0.2) is 11.0 Å². The summed E-state index contributed by atoms with van der Waals surface area (Å²) < 4.78 is 12.9. The Hall–Kier alpha value is -1.95. The Kier molecular flexibility index (Phi) is 3.34. The fourth-order valence-corrected chi connectivity index (χ4v) is 1.92. The van der Waals surface area contributed by atoms with E-state index >= 15 is 0 Å². The van der Waals surface area contributed by atoms with Crippen LogP contribution in [0.2, 0.25) is 0 Å². The van der Waals surface area contributed by atoms with Crippen LogP contribution in [-0.2, 0) is 0 Å². The molecule has 2 N–H and O–H groups in total. The quantitative estimate of drug-likeness (QED) is 0.860. The van der Waals surface area contributed by atoms with Crippen LogP contribution in [0.1, 0.15) is 5.69 Å². The van der Waals surface area contributed by atoms with Crippen molar-refractivity contribution in [2.24, 2.45) is 0 Å². The van der Waals surface area contributed by atoms with Gasteiger partial charge in [0.2, 0.25) is 0 Å². The number of amides is 2. The first-order valence-corrected chi connectivity index (χ1v) is 5.77. The maximum atomic E-state index is 12.9. The third-order valence-corrected chi connectivity index (χ3v) is 2.80. The van der Waals surface area contributed by atoms with E-state index in [4.69, 9.17) is 0 Å². The number of nitrogens with zero attached hydrogens (tertiary/aromatic N) is 1. The molecule has 0 saturated heterocycles. The molecular formula is C11H10FN3OS. The summed E-state index contributed by atoms with van der Waals surface area (Å²) in [5, 5.41) is 7.42. The summed E-state index contributed by atoms with van der Waals surface area (Å²) >= 11 is 1.33. The average Bonchev–Trinajstić information content (AvgIpc) is 2.63. The highest BCUT2D eigenvalue weighted by molar-refractivity contribution is 7.13. The minimum atomic E-state index is -0.440. The molecule has 0 radical (unpaired) electrons. The van der Waals surface area contributed by atoms with Crippen molar-refractivity contribution in [3.05, 3.63) is 41.2 Å². The molecular weight excluding hydrogens is 241 g/mol. The number of urea groups is 1. The van der Waals surface area contributed by atoms with E-state index in [0.29, 0.717) is 10.8 Å². The number of hydrogen-bond donors (Lipinski definition) is 2. The van der Waals surface area contributed by atoms with E-state index in [0.717, 1.165) is 5.69 Å². The van der Waals surface area contributed by atoms with E-state index in [2.05, 4.69) is 15.6 Å². The summed E-state index contributed by atoms with van der Waals surface area (Å²) in [4.78, 5) is 15.6. The number of thiazole rings is 1. The number of anilines is 2. The van der Waals surface area contributed by atoms with Crippen molar-refractivity contribution in [3.8, 4) is 0 Å². The molecule has 0 unspecified atom stereocenters. The number of carbonyl (C=O) groups is 1. The Morgan fingerprint density at radius 3 is 2.88 bits per heavy atom. The van der Waals surface area contributed by atoms with Crippen LogP contribution in [0.5, 0.6) is 0 Å². The zero-order valence-electron chi connectivity index (χ0n) is 9.03. The van der Waals surface area contributed by atoms with Crippen LogP contribution in [0.15, 0.2) is 29.6 Å². The van der Waals surface area contributed by atoms with E-state index in [1.54, 1.807) is 6.07 Å². The summed E-state index contributed by atoms with van der Waals surface area (Å²) in [6.07, 6.45) is 0. The van der Waals surface area contributed by atoms with Gasteiger partial charge in [-0.05, 0) is 25.1 Å². The monoisotopic (exact) mass is 251 g/mol. The summed E-state index contributed by atoms with van der Waals surface area (Å²) in [5.74, 6) is -0.395. The molecule has 2 rings (SSSR count). The molecule has 2 aromatic rings. The second-order valence-electron chi connectivity index (χ2n) is 3.38. The Labute approximate surface area is 102 Å². The van der Waals surface area contributed by atoms with Gasteiger partial charge in [-0.25, -0.2) is 14.2 Å². The normalized spacial score (nSPS) is 10.0. The van der Waals surface area contributed by atoms with Gasteiger partial charge in [-0.15, -0.1) is 11.3 Å². The van der Waals surface area contributed by atoms with Gasteiger partial charge in [0, 0.05) is 11.1 Å². The van der Waals surface area contributed by atoms with Crippen LogP contribution in [0, 0.1) is 12.7 Å². The van der Waals surface area contributed by atoms with Gasteiger partial charge in [0.25, 0.3) is 0 Å². The van der Waals surface area contributed by atoms with E-state index in [9.17, 15) is 9.18 Å². The lowest BCUT2D eigenvalue weighted by Gasteiger charge is -2.04. The lowest BCUT2D eigenvalue weighted by molar-refractivity contribution is 0.262. The highest BCUT2D eigenvalue weighted by Gasteiger charge is 2.05. The summed E-state index contributed by atoms with van der Waals surface area (Å²) in [7, 11) is 0. The minimum absolute atomic E-state index is 0.395. The van der Waals surface area contributed by atoms with Crippen molar-refractivity contribution < 1.29 is 9.18 Å². The van der Waals surface area contributed by atoms with Crippen LogP contribution in [0.4, 0.5) is 20.0 Å². The maximum absolute atomic E-state index is 12.9. The number of rotatable bonds is 2. The van der Waals surface area contributed by atoms with Gasteiger partial charge in [-0.3, -0.25) is 5.32 Å². The van der Waals surface area contributed by atoms with Crippen LogP contribution in [0.25, 0.3) is 0 Å². The predicted octanol–water partition coefficient (Wildman–Crippen LogP) is 3.23. The first-order chi connectivity index (χ1) is 8.13. The van der Waals surface area contributed by atoms with Crippen LogP contribution >= 0.6 is 11.3 Å². The molecule has 17 heavy (non-hydrogen) atoms. The standard InChI is InChI=1S/C11H10FN3OS/c1-7-6-17-11(13-7)15-10(16)14-9-4-2-3-8(12)5-9/h2-6H,1H3,(H2,13,14,15,16). The fourth-order valence-electron chi connectivity index (χ4n) is 1.24. The minimum Gasteiger partial charge on any atom is -0.308 e. The van der Waals surface area contributed by atoms with Crippen LogP contribution in [0.3, 0.4) is 0 Å². The molecule has 88 valence electrons. The van der Waals surface area contributed by atoms with Gasteiger partial charge in [0.15, 0.2) is 5.13 Å². The maximum Gasteiger partial charge on any atom is 0.325 e. The molecule has 0 spiro atoms. The number of nitrogens with one attached hydrogen (secondary N) is 2. The van der Waals surface area contributed by atoms with Gasteiger partial charge in [0.05, 0.1) is 5.69 Å². The number of hydrogen-bond acceptors (Lipinski definition) is 3. The van der Waals surface area contributed by atoms with Gasteiger partial charge >= 0.3 is 6.03 Å². The second kappa shape index (κ2) is 4.92. The van der Waals surface area contributed by atoms with Crippen molar-refractivity contribution in [1.29, 1.82) is 0 Å². The Bertz CT molecular complexity index is 541. The van der Waals surface area contributed by atoms with Gasteiger partial charge in [0.1, 0.15) is 5.82 Å². The van der Waals surface area contributed by atoms with Crippen molar-refractivity contribution in [2.75, 3.05) is 10.6 Å². The molecule has 4 nitrogen and oxygen atoms in total. The smallest absolute Gasteiger partial charge is 0.308 e. The van der Waals surface area contributed by atoms with E-state index < -0.39 is 11.8 Å². The Morgan fingerprint density at radius 2 is 2.24 bits per heavy atom. The molecule has 0 aliphatic carbocycles. The number of aryl methyl sites for hydroxylation is 1. The van der Waals surface area contributed by atoms with Crippen molar-refractivity contribution in [2.45, 2.75) is 6.92 Å². The zero-order valence-corrected chi connectivity index (χ0v) is 9.84. The Balaban J connectivity index is 1.98. The summed E-state index contributed by atoms with van der Waals surface area (Å²) in [5.41, 5.74) is 1.24.